The summed E-state index contributed by atoms with van der Waals surface area (Å²) in [6.07, 6.45) is 3.05. The van der Waals surface area contributed by atoms with E-state index in [0.29, 0.717) is 17.2 Å². The Morgan fingerprint density at radius 2 is 1.96 bits per heavy atom. The number of piperidine rings is 1. The third-order valence-electron chi connectivity index (χ3n) is 4.73. The average molecular weight is 348 g/mol. The molecule has 0 bridgehead atoms. The summed E-state index contributed by atoms with van der Waals surface area (Å²) in [5.74, 6) is 1.08. The zero-order valence-electron chi connectivity index (χ0n) is 15.4. The van der Waals surface area contributed by atoms with Gasteiger partial charge in [0.05, 0.1) is 13.7 Å². The van der Waals surface area contributed by atoms with E-state index in [9.17, 15) is 9.59 Å². The fourth-order valence-electron chi connectivity index (χ4n) is 3.11. The molecular formula is C19H28N2O4. The van der Waals surface area contributed by atoms with E-state index in [4.69, 9.17) is 9.47 Å². The Balaban J connectivity index is 1.84. The molecule has 0 atom stereocenters. The Labute approximate surface area is 149 Å². The number of ether oxygens (including phenoxy) is 2. The second kappa shape index (κ2) is 9.42. The van der Waals surface area contributed by atoms with Crippen molar-refractivity contribution in [1.29, 1.82) is 0 Å². The summed E-state index contributed by atoms with van der Waals surface area (Å²) in [6.45, 7) is 2.39. The molecular weight excluding hydrogens is 320 g/mol. The highest BCUT2D eigenvalue weighted by molar-refractivity contribution is 5.96. The van der Waals surface area contributed by atoms with Crippen LogP contribution in [0.15, 0.2) is 24.3 Å². The minimum atomic E-state index is -0.178. The second-order valence-corrected chi connectivity index (χ2v) is 6.50. The average Bonchev–Trinajstić information content (AvgIpc) is 2.66. The van der Waals surface area contributed by atoms with E-state index in [2.05, 4.69) is 0 Å². The van der Waals surface area contributed by atoms with Gasteiger partial charge < -0.3 is 19.3 Å². The molecule has 1 aliphatic rings. The summed E-state index contributed by atoms with van der Waals surface area (Å²) in [5, 5.41) is 0. The van der Waals surface area contributed by atoms with Crippen LogP contribution in [-0.4, -0.2) is 69.1 Å². The number of benzene rings is 1. The standard InChI is InChI=1S/C19H28N2O4/c1-20(19(23)16-5-4-6-17(13-16)25-3)14-18(22)21-10-7-15(8-11-21)9-12-24-2/h4-6,13,15H,7-12,14H2,1-3H3. The first kappa shape index (κ1) is 19.2. The normalized spacial score (nSPS) is 15.1. The van der Waals surface area contributed by atoms with Crippen molar-refractivity contribution in [2.24, 2.45) is 5.92 Å². The molecule has 1 heterocycles. The number of carbonyl (C=O) groups is 2. The number of hydrogen-bond donors (Lipinski definition) is 0. The second-order valence-electron chi connectivity index (χ2n) is 6.50. The highest BCUT2D eigenvalue weighted by atomic mass is 16.5. The maximum Gasteiger partial charge on any atom is 0.254 e. The molecule has 0 aliphatic carbocycles. The lowest BCUT2D eigenvalue weighted by Crippen LogP contribution is -2.44. The highest BCUT2D eigenvalue weighted by Crippen LogP contribution is 2.21. The van der Waals surface area contributed by atoms with Crippen LogP contribution in [0.1, 0.15) is 29.6 Å². The SMILES string of the molecule is COCCC1CCN(C(=O)CN(C)C(=O)c2cccc(OC)c2)CC1. The molecule has 0 radical (unpaired) electrons. The first-order valence-corrected chi connectivity index (χ1v) is 8.71. The molecule has 0 unspecified atom stereocenters. The van der Waals surface area contributed by atoms with Crippen LogP contribution >= 0.6 is 0 Å². The van der Waals surface area contributed by atoms with Gasteiger partial charge in [0.25, 0.3) is 5.91 Å². The van der Waals surface area contributed by atoms with E-state index in [1.165, 1.54) is 4.90 Å². The number of likely N-dealkylation sites (N-methyl/N-ethyl adjacent to an activating group) is 1. The van der Waals surface area contributed by atoms with Gasteiger partial charge in [-0.2, -0.15) is 0 Å². The van der Waals surface area contributed by atoms with Crippen LogP contribution < -0.4 is 4.74 Å². The quantitative estimate of drug-likeness (QED) is 0.757. The number of carbonyl (C=O) groups excluding carboxylic acids is 2. The van der Waals surface area contributed by atoms with E-state index < -0.39 is 0 Å². The summed E-state index contributed by atoms with van der Waals surface area (Å²) in [5.41, 5.74) is 0.521. The van der Waals surface area contributed by atoms with Crippen molar-refractivity contribution in [2.75, 3.05) is 47.5 Å². The Morgan fingerprint density at radius 3 is 2.60 bits per heavy atom. The van der Waals surface area contributed by atoms with E-state index in [-0.39, 0.29) is 18.4 Å². The first-order chi connectivity index (χ1) is 12.0. The molecule has 0 aromatic heterocycles. The topological polar surface area (TPSA) is 59.1 Å². The monoisotopic (exact) mass is 348 g/mol. The van der Waals surface area contributed by atoms with E-state index in [1.54, 1.807) is 45.5 Å². The molecule has 6 heteroatoms. The van der Waals surface area contributed by atoms with Gasteiger partial charge in [-0.3, -0.25) is 9.59 Å². The largest absolute Gasteiger partial charge is 0.497 e. The Morgan fingerprint density at radius 1 is 1.24 bits per heavy atom. The molecule has 138 valence electrons. The molecule has 1 aliphatic heterocycles. The summed E-state index contributed by atoms with van der Waals surface area (Å²) in [4.78, 5) is 28.3. The molecule has 2 rings (SSSR count). The third kappa shape index (κ3) is 5.46. The van der Waals surface area contributed by atoms with Crippen LogP contribution in [0.5, 0.6) is 5.75 Å². The van der Waals surface area contributed by atoms with E-state index in [0.717, 1.165) is 39.0 Å². The third-order valence-corrected chi connectivity index (χ3v) is 4.73. The van der Waals surface area contributed by atoms with Crippen LogP contribution in [0.4, 0.5) is 0 Å². The lowest BCUT2D eigenvalue weighted by molar-refractivity contribution is -0.133. The Bertz CT molecular complexity index is 583. The molecule has 1 aromatic rings. The summed E-state index contributed by atoms with van der Waals surface area (Å²) >= 11 is 0. The molecule has 2 amide bonds. The van der Waals surface area contributed by atoms with Crippen molar-refractivity contribution in [2.45, 2.75) is 19.3 Å². The molecule has 6 nitrogen and oxygen atoms in total. The van der Waals surface area contributed by atoms with E-state index >= 15 is 0 Å². The maximum absolute atomic E-state index is 12.5. The number of likely N-dealkylation sites (tertiary alicyclic amines) is 1. The summed E-state index contributed by atoms with van der Waals surface area (Å²) in [7, 11) is 4.94. The van der Waals surface area contributed by atoms with Crippen LogP contribution in [-0.2, 0) is 9.53 Å². The minimum absolute atomic E-state index is 0.00365. The van der Waals surface area contributed by atoms with Crippen molar-refractivity contribution in [3.05, 3.63) is 29.8 Å². The minimum Gasteiger partial charge on any atom is -0.497 e. The van der Waals surface area contributed by atoms with Crippen LogP contribution in [0, 0.1) is 5.92 Å². The molecule has 0 spiro atoms. The van der Waals surface area contributed by atoms with Gasteiger partial charge >= 0.3 is 0 Å². The number of hydrogen-bond acceptors (Lipinski definition) is 4. The van der Waals surface area contributed by atoms with Gasteiger partial charge in [-0.05, 0) is 43.4 Å². The van der Waals surface area contributed by atoms with Crippen molar-refractivity contribution in [3.8, 4) is 5.75 Å². The number of methoxy groups -OCH3 is 2. The molecule has 1 fully saturated rings. The van der Waals surface area contributed by atoms with Gasteiger partial charge in [0.15, 0.2) is 0 Å². The Hall–Kier alpha value is -2.08. The maximum atomic E-state index is 12.5. The fraction of sp³-hybridized carbons (Fsp3) is 0.579. The highest BCUT2D eigenvalue weighted by Gasteiger charge is 2.24. The van der Waals surface area contributed by atoms with Crippen molar-refractivity contribution < 1.29 is 19.1 Å². The number of amides is 2. The first-order valence-electron chi connectivity index (χ1n) is 8.71. The predicted molar refractivity (Wildman–Crippen MR) is 95.8 cm³/mol. The fourth-order valence-corrected chi connectivity index (χ4v) is 3.11. The van der Waals surface area contributed by atoms with Crippen molar-refractivity contribution in [1.82, 2.24) is 9.80 Å². The number of nitrogens with zero attached hydrogens (tertiary/aromatic N) is 2. The lowest BCUT2D eigenvalue weighted by atomic mass is 9.94. The van der Waals surface area contributed by atoms with E-state index in [1.807, 2.05) is 4.90 Å². The molecule has 0 N–H and O–H groups in total. The van der Waals surface area contributed by atoms with Gasteiger partial charge in [-0.15, -0.1) is 0 Å². The van der Waals surface area contributed by atoms with Gasteiger partial charge in [0.2, 0.25) is 5.91 Å². The zero-order valence-corrected chi connectivity index (χ0v) is 15.4. The van der Waals surface area contributed by atoms with Crippen molar-refractivity contribution in [3.63, 3.8) is 0 Å². The van der Waals surface area contributed by atoms with Crippen molar-refractivity contribution >= 4 is 11.8 Å². The van der Waals surface area contributed by atoms with Gasteiger partial charge in [-0.1, -0.05) is 6.07 Å². The van der Waals surface area contributed by atoms with Crippen LogP contribution in [0.2, 0.25) is 0 Å². The summed E-state index contributed by atoms with van der Waals surface area (Å²) in [6, 6.07) is 6.97. The molecule has 25 heavy (non-hydrogen) atoms. The van der Waals surface area contributed by atoms with Crippen LogP contribution in [0.25, 0.3) is 0 Å². The summed E-state index contributed by atoms with van der Waals surface area (Å²) < 4.78 is 10.3. The molecule has 0 saturated carbocycles. The number of rotatable bonds is 7. The smallest absolute Gasteiger partial charge is 0.254 e. The van der Waals surface area contributed by atoms with Gasteiger partial charge in [0, 0.05) is 39.4 Å². The molecule has 1 aromatic carbocycles. The lowest BCUT2D eigenvalue weighted by Gasteiger charge is -2.33. The molecule has 1 saturated heterocycles. The Kier molecular flexibility index (Phi) is 7.25. The van der Waals surface area contributed by atoms with Gasteiger partial charge in [-0.25, -0.2) is 0 Å². The van der Waals surface area contributed by atoms with Gasteiger partial charge in [0.1, 0.15) is 5.75 Å². The predicted octanol–water partition coefficient (Wildman–Crippen LogP) is 2.04. The zero-order chi connectivity index (χ0) is 18.2. The van der Waals surface area contributed by atoms with Crippen LogP contribution in [0.3, 0.4) is 0 Å².